The van der Waals surface area contributed by atoms with Crippen molar-refractivity contribution >= 4 is 35.0 Å². The molecule has 2 aromatic rings. The molecule has 0 radical (unpaired) electrons. The highest BCUT2D eigenvalue weighted by Gasteiger charge is 2.27. The molecule has 2 N–H and O–H groups in total. The molecular weight excluding hydrogens is 380 g/mol. The summed E-state index contributed by atoms with van der Waals surface area (Å²) >= 11 is 5.84. The number of benzene rings is 1. The number of amides is 3. The van der Waals surface area contributed by atoms with Crippen molar-refractivity contribution in [3.8, 4) is 0 Å². The molecule has 1 aromatic heterocycles. The lowest BCUT2D eigenvalue weighted by Crippen LogP contribution is -2.45. The summed E-state index contributed by atoms with van der Waals surface area (Å²) < 4.78 is 0. The number of nitrogens with zero attached hydrogens (tertiary/aromatic N) is 2. The minimum absolute atomic E-state index is 0.0290. The largest absolute Gasteiger partial charge is 0.342 e. The fraction of sp³-hybridized carbons (Fsp3) is 0.300. The third-order valence-electron chi connectivity index (χ3n) is 4.61. The van der Waals surface area contributed by atoms with Gasteiger partial charge in [0, 0.05) is 35.9 Å². The van der Waals surface area contributed by atoms with Gasteiger partial charge in [0.15, 0.2) is 0 Å². The molecule has 146 valence electrons. The van der Waals surface area contributed by atoms with E-state index in [0.717, 1.165) is 5.69 Å². The van der Waals surface area contributed by atoms with Gasteiger partial charge in [-0.2, -0.15) is 0 Å². The highest BCUT2D eigenvalue weighted by Crippen LogP contribution is 2.19. The van der Waals surface area contributed by atoms with Gasteiger partial charge >= 0.3 is 0 Å². The molecule has 1 aliphatic rings. The number of hydrogen-bond donors (Lipinski definition) is 2. The first-order valence-electron chi connectivity index (χ1n) is 9.06. The molecule has 8 heteroatoms. The third-order valence-corrected chi connectivity index (χ3v) is 4.85. The smallest absolute Gasteiger partial charge is 0.270 e. The minimum Gasteiger partial charge on any atom is -0.342 e. The van der Waals surface area contributed by atoms with Gasteiger partial charge in [-0.05, 0) is 37.1 Å². The lowest BCUT2D eigenvalue weighted by atomic mass is 9.95. The van der Waals surface area contributed by atoms with Gasteiger partial charge < -0.3 is 15.5 Å². The Balaban J connectivity index is 1.43. The van der Waals surface area contributed by atoms with Crippen molar-refractivity contribution in [2.45, 2.75) is 12.8 Å². The van der Waals surface area contributed by atoms with E-state index in [1.54, 1.807) is 11.0 Å². The van der Waals surface area contributed by atoms with Crippen molar-refractivity contribution in [1.82, 2.24) is 15.2 Å². The quantitative estimate of drug-likeness (QED) is 0.805. The lowest BCUT2D eigenvalue weighted by molar-refractivity contribution is -0.133. The fourth-order valence-electron chi connectivity index (χ4n) is 3.04. The first-order valence-corrected chi connectivity index (χ1v) is 9.44. The van der Waals surface area contributed by atoms with E-state index in [1.165, 1.54) is 12.3 Å². The number of hydrogen-bond acceptors (Lipinski definition) is 4. The Kier molecular flexibility index (Phi) is 6.60. The number of aromatic nitrogens is 1. The van der Waals surface area contributed by atoms with Crippen LogP contribution in [-0.2, 0) is 9.59 Å². The second-order valence-corrected chi connectivity index (χ2v) is 6.99. The van der Waals surface area contributed by atoms with Crippen molar-refractivity contribution in [1.29, 1.82) is 0 Å². The van der Waals surface area contributed by atoms with Gasteiger partial charge in [-0.15, -0.1) is 0 Å². The van der Waals surface area contributed by atoms with Crippen molar-refractivity contribution in [3.63, 3.8) is 0 Å². The van der Waals surface area contributed by atoms with Gasteiger partial charge in [0.1, 0.15) is 5.69 Å². The van der Waals surface area contributed by atoms with Crippen LogP contribution < -0.4 is 10.6 Å². The monoisotopic (exact) mass is 400 g/mol. The molecule has 0 saturated carbocycles. The number of para-hydroxylation sites is 1. The van der Waals surface area contributed by atoms with Crippen LogP contribution in [0.3, 0.4) is 0 Å². The van der Waals surface area contributed by atoms with E-state index >= 15 is 0 Å². The predicted molar refractivity (Wildman–Crippen MR) is 106 cm³/mol. The highest BCUT2D eigenvalue weighted by molar-refractivity contribution is 6.30. The SMILES string of the molecule is O=C(NCC(=O)N1CCC(C(=O)Nc2ccccc2)CC1)c1cc(Cl)ccn1. The van der Waals surface area contributed by atoms with Crippen LogP contribution >= 0.6 is 11.6 Å². The van der Waals surface area contributed by atoms with Gasteiger partial charge in [0.2, 0.25) is 11.8 Å². The number of rotatable bonds is 5. The fourth-order valence-corrected chi connectivity index (χ4v) is 3.20. The van der Waals surface area contributed by atoms with Crippen LogP contribution in [0.4, 0.5) is 5.69 Å². The predicted octanol–water partition coefficient (Wildman–Crippen LogP) is 2.34. The van der Waals surface area contributed by atoms with Gasteiger partial charge in [-0.1, -0.05) is 29.8 Å². The van der Waals surface area contributed by atoms with Gasteiger partial charge in [0.05, 0.1) is 6.54 Å². The standard InChI is InChI=1S/C20H21ClN4O3/c21-15-6-9-22-17(12-15)20(28)23-13-18(26)25-10-7-14(8-11-25)19(27)24-16-4-2-1-3-5-16/h1-6,9,12,14H,7-8,10-11,13H2,(H,23,28)(H,24,27). The van der Waals surface area contributed by atoms with Crippen LogP contribution in [0.5, 0.6) is 0 Å². The summed E-state index contributed by atoms with van der Waals surface area (Å²) in [6.07, 6.45) is 2.62. The summed E-state index contributed by atoms with van der Waals surface area (Å²) in [6.45, 7) is 0.849. The molecule has 28 heavy (non-hydrogen) atoms. The van der Waals surface area contributed by atoms with Crippen molar-refractivity contribution in [3.05, 3.63) is 59.4 Å². The summed E-state index contributed by atoms with van der Waals surface area (Å²) in [4.78, 5) is 42.3. The second-order valence-electron chi connectivity index (χ2n) is 6.55. The maximum Gasteiger partial charge on any atom is 0.270 e. The van der Waals surface area contributed by atoms with Crippen LogP contribution in [0.25, 0.3) is 0 Å². The average Bonchev–Trinajstić information content (AvgIpc) is 2.72. The molecule has 0 aliphatic carbocycles. The van der Waals surface area contributed by atoms with E-state index in [1.807, 2.05) is 30.3 Å². The van der Waals surface area contributed by atoms with Crippen LogP contribution in [0.1, 0.15) is 23.3 Å². The van der Waals surface area contributed by atoms with Crippen molar-refractivity contribution < 1.29 is 14.4 Å². The molecule has 1 fully saturated rings. The van der Waals surface area contributed by atoms with Gasteiger partial charge in [0.25, 0.3) is 5.91 Å². The number of likely N-dealkylation sites (tertiary alicyclic amines) is 1. The summed E-state index contributed by atoms with van der Waals surface area (Å²) in [7, 11) is 0. The number of pyridine rings is 1. The topological polar surface area (TPSA) is 91.4 Å². The average molecular weight is 401 g/mol. The van der Waals surface area contributed by atoms with E-state index in [9.17, 15) is 14.4 Å². The number of carbonyl (C=O) groups excluding carboxylic acids is 3. The second kappa shape index (κ2) is 9.32. The molecule has 1 saturated heterocycles. The highest BCUT2D eigenvalue weighted by atomic mass is 35.5. The van der Waals surface area contributed by atoms with Crippen molar-refractivity contribution in [2.24, 2.45) is 5.92 Å². The van der Waals surface area contributed by atoms with Gasteiger partial charge in [-0.3, -0.25) is 19.4 Å². The van der Waals surface area contributed by atoms with Crippen LogP contribution in [-0.4, -0.2) is 47.2 Å². The number of carbonyl (C=O) groups is 3. The molecule has 2 heterocycles. The summed E-state index contributed by atoms with van der Waals surface area (Å²) in [6, 6.07) is 12.3. The number of halogens is 1. The summed E-state index contributed by atoms with van der Waals surface area (Å²) in [5.74, 6) is -0.793. The first-order chi connectivity index (χ1) is 13.5. The zero-order valence-electron chi connectivity index (χ0n) is 15.2. The molecule has 1 aliphatic heterocycles. The Bertz CT molecular complexity index is 852. The molecule has 0 atom stereocenters. The molecule has 0 spiro atoms. The maximum atomic E-state index is 12.4. The van der Waals surface area contributed by atoms with Crippen LogP contribution in [0.2, 0.25) is 5.02 Å². The number of piperidine rings is 1. The Morgan fingerprint density at radius 2 is 1.82 bits per heavy atom. The van der Waals surface area contributed by atoms with Crippen LogP contribution in [0.15, 0.2) is 48.7 Å². The molecule has 1 aromatic carbocycles. The Morgan fingerprint density at radius 3 is 2.50 bits per heavy atom. The normalized spacial score (nSPS) is 14.4. The number of nitrogens with one attached hydrogen (secondary N) is 2. The first kappa shape index (κ1) is 19.8. The molecule has 0 unspecified atom stereocenters. The van der Waals surface area contributed by atoms with Crippen LogP contribution in [0, 0.1) is 5.92 Å². The van der Waals surface area contributed by atoms with E-state index in [-0.39, 0.29) is 30.0 Å². The van der Waals surface area contributed by atoms with Crippen molar-refractivity contribution in [2.75, 3.05) is 25.0 Å². The molecule has 7 nitrogen and oxygen atoms in total. The zero-order valence-corrected chi connectivity index (χ0v) is 16.0. The van der Waals surface area contributed by atoms with E-state index in [2.05, 4.69) is 15.6 Å². The molecule has 3 amide bonds. The van der Waals surface area contributed by atoms with Gasteiger partial charge in [-0.25, -0.2) is 0 Å². The summed E-state index contributed by atoms with van der Waals surface area (Å²) in [5.41, 5.74) is 0.930. The number of anilines is 1. The Hall–Kier alpha value is -2.93. The maximum absolute atomic E-state index is 12.4. The lowest BCUT2D eigenvalue weighted by Gasteiger charge is -2.31. The zero-order chi connectivity index (χ0) is 19.9. The molecular formula is C20H21ClN4O3. The minimum atomic E-state index is -0.451. The Labute approximate surface area is 168 Å². The summed E-state index contributed by atoms with van der Waals surface area (Å²) in [5, 5.41) is 5.87. The van der Waals surface area contributed by atoms with E-state index < -0.39 is 5.91 Å². The molecule has 3 rings (SSSR count). The van der Waals surface area contributed by atoms with E-state index in [0.29, 0.717) is 31.0 Å². The van der Waals surface area contributed by atoms with E-state index in [4.69, 9.17) is 11.6 Å². The third kappa shape index (κ3) is 5.29. The molecule has 0 bridgehead atoms. The Morgan fingerprint density at radius 1 is 1.11 bits per heavy atom.